The predicted molar refractivity (Wildman–Crippen MR) is 107 cm³/mol. The summed E-state index contributed by atoms with van der Waals surface area (Å²) in [6.07, 6.45) is 6.78. The molecule has 1 aromatic rings. The standard InChI is InChI=1S/C22H30O7/c1-2-20(23)26-17-16-25-14-6-3-4-8-21(24)28-18-10-12-19(13-11-18)29-22-9-5-7-15-27-22/h2,10-13,22H,1,3-9,14-17H2. The number of hydrogen-bond donors (Lipinski definition) is 0. The number of carbonyl (C=O) groups excluding carboxylic acids is 2. The van der Waals surface area contributed by atoms with Crippen LogP contribution in [0, 0.1) is 0 Å². The summed E-state index contributed by atoms with van der Waals surface area (Å²) in [5, 5.41) is 0. The molecule has 0 spiro atoms. The Hall–Kier alpha value is -2.38. The van der Waals surface area contributed by atoms with E-state index in [1.165, 1.54) is 0 Å². The molecule has 1 aliphatic rings. The van der Waals surface area contributed by atoms with E-state index < -0.39 is 5.97 Å². The Morgan fingerprint density at radius 3 is 2.55 bits per heavy atom. The van der Waals surface area contributed by atoms with Crippen molar-refractivity contribution in [2.45, 2.75) is 51.2 Å². The molecular weight excluding hydrogens is 376 g/mol. The van der Waals surface area contributed by atoms with E-state index in [0.717, 1.165) is 51.2 Å². The van der Waals surface area contributed by atoms with Crippen LogP contribution in [0.5, 0.6) is 11.5 Å². The van der Waals surface area contributed by atoms with E-state index in [4.69, 9.17) is 23.7 Å². The van der Waals surface area contributed by atoms with Crippen LogP contribution in [-0.4, -0.2) is 44.7 Å². The third kappa shape index (κ3) is 10.1. The van der Waals surface area contributed by atoms with E-state index in [1.807, 2.05) is 0 Å². The molecule has 7 nitrogen and oxygen atoms in total. The lowest BCUT2D eigenvalue weighted by molar-refractivity contribution is -0.139. The Morgan fingerprint density at radius 2 is 1.83 bits per heavy atom. The van der Waals surface area contributed by atoms with Crippen LogP contribution in [0.4, 0.5) is 0 Å². The fourth-order valence-corrected chi connectivity index (χ4v) is 2.74. The molecule has 2 rings (SSSR count). The summed E-state index contributed by atoms with van der Waals surface area (Å²) in [6, 6.07) is 7.01. The molecule has 0 aliphatic carbocycles. The Bertz CT molecular complexity index is 621. The topological polar surface area (TPSA) is 80.3 Å². The lowest BCUT2D eigenvalue weighted by atomic mass is 10.2. The van der Waals surface area contributed by atoms with Gasteiger partial charge >= 0.3 is 11.9 Å². The summed E-state index contributed by atoms with van der Waals surface area (Å²) in [5.74, 6) is 0.499. The molecule has 7 heteroatoms. The van der Waals surface area contributed by atoms with Gasteiger partial charge in [0.25, 0.3) is 0 Å². The van der Waals surface area contributed by atoms with Gasteiger partial charge in [0.2, 0.25) is 0 Å². The molecule has 1 heterocycles. The molecule has 0 aromatic heterocycles. The second-order valence-corrected chi connectivity index (χ2v) is 6.65. The van der Waals surface area contributed by atoms with Crippen LogP contribution < -0.4 is 9.47 Å². The average Bonchev–Trinajstić information content (AvgIpc) is 2.74. The Morgan fingerprint density at radius 1 is 1.03 bits per heavy atom. The molecule has 0 N–H and O–H groups in total. The number of hydrogen-bond acceptors (Lipinski definition) is 7. The summed E-state index contributed by atoms with van der Waals surface area (Å²) < 4.78 is 26.8. The highest BCUT2D eigenvalue weighted by Crippen LogP contribution is 2.22. The van der Waals surface area contributed by atoms with Gasteiger partial charge in [0, 0.05) is 25.5 Å². The van der Waals surface area contributed by atoms with Crippen molar-refractivity contribution < 1.29 is 33.3 Å². The smallest absolute Gasteiger partial charge is 0.330 e. The van der Waals surface area contributed by atoms with Crippen molar-refractivity contribution in [3.8, 4) is 11.5 Å². The number of unbranched alkanes of at least 4 members (excludes halogenated alkanes) is 2. The van der Waals surface area contributed by atoms with E-state index in [-0.39, 0.29) is 18.9 Å². The van der Waals surface area contributed by atoms with Gasteiger partial charge in [0.05, 0.1) is 13.2 Å². The third-order valence-corrected chi connectivity index (χ3v) is 4.27. The van der Waals surface area contributed by atoms with E-state index >= 15 is 0 Å². The summed E-state index contributed by atoms with van der Waals surface area (Å²) >= 11 is 0. The first-order valence-electron chi connectivity index (χ1n) is 10.1. The minimum atomic E-state index is -0.451. The molecule has 160 valence electrons. The van der Waals surface area contributed by atoms with Gasteiger partial charge in [-0.3, -0.25) is 4.79 Å². The van der Waals surface area contributed by atoms with Crippen LogP contribution in [-0.2, 0) is 23.8 Å². The summed E-state index contributed by atoms with van der Waals surface area (Å²) in [4.78, 5) is 22.7. The van der Waals surface area contributed by atoms with Crippen LogP contribution in [0.25, 0.3) is 0 Å². The largest absolute Gasteiger partial charge is 0.465 e. The molecule has 1 aliphatic heterocycles. The molecule has 0 amide bonds. The number of esters is 2. The monoisotopic (exact) mass is 406 g/mol. The average molecular weight is 406 g/mol. The third-order valence-electron chi connectivity index (χ3n) is 4.27. The van der Waals surface area contributed by atoms with Gasteiger partial charge in [-0.1, -0.05) is 13.0 Å². The van der Waals surface area contributed by atoms with E-state index in [2.05, 4.69) is 6.58 Å². The Balaban J connectivity index is 1.50. The van der Waals surface area contributed by atoms with Gasteiger partial charge in [-0.15, -0.1) is 0 Å². The SMILES string of the molecule is C=CC(=O)OCCOCCCCCC(=O)Oc1ccc(OC2CCCCO2)cc1. The van der Waals surface area contributed by atoms with Crippen LogP contribution in [0.3, 0.4) is 0 Å². The zero-order valence-electron chi connectivity index (χ0n) is 16.8. The number of carbonyl (C=O) groups is 2. The fraction of sp³-hybridized carbons (Fsp3) is 0.545. The molecule has 0 saturated carbocycles. The maximum atomic E-state index is 11.9. The van der Waals surface area contributed by atoms with Crippen molar-refractivity contribution in [1.29, 1.82) is 0 Å². The first kappa shape index (κ1) is 22.9. The maximum absolute atomic E-state index is 11.9. The normalized spacial score (nSPS) is 16.1. The Kier molecular flexibility index (Phi) is 10.9. The Labute approximate surface area is 171 Å². The van der Waals surface area contributed by atoms with Gasteiger partial charge in [-0.2, -0.15) is 0 Å². The van der Waals surface area contributed by atoms with Crippen molar-refractivity contribution in [3.05, 3.63) is 36.9 Å². The lowest BCUT2D eigenvalue weighted by Gasteiger charge is -2.23. The molecule has 0 bridgehead atoms. The fourth-order valence-electron chi connectivity index (χ4n) is 2.74. The van der Waals surface area contributed by atoms with Crippen LogP contribution in [0.2, 0.25) is 0 Å². The summed E-state index contributed by atoms with van der Waals surface area (Å²) in [7, 11) is 0. The van der Waals surface area contributed by atoms with Crippen molar-refractivity contribution in [2.75, 3.05) is 26.4 Å². The predicted octanol–water partition coefficient (Wildman–Crippen LogP) is 3.80. The molecule has 1 unspecified atom stereocenters. The molecule has 29 heavy (non-hydrogen) atoms. The second-order valence-electron chi connectivity index (χ2n) is 6.65. The quantitative estimate of drug-likeness (QED) is 0.213. The van der Waals surface area contributed by atoms with Crippen LogP contribution >= 0.6 is 0 Å². The second kappa shape index (κ2) is 13.7. The van der Waals surface area contributed by atoms with Gasteiger partial charge in [0.15, 0.2) is 6.29 Å². The zero-order chi connectivity index (χ0) is 20.7. The van der Waals surface area contributed by atoms with Gasteiger partial charge < -0.3 is 23.7 Å². The minimum absolute atomic E-state index is 0.191. The summed E-state index contributed by atoms with van der Waals surface area (Å²) in [6.45, 7) is 5.18. The van der Waals surface area contributed by atoms with Gasteiger partial charge in [-0.05, 0) is 49.9 Å². The van der Waals surface area contributed by atoms with Crippen molar-refractivity contribution in [2.24, 2.45) is 0 Å². The number of ether oxygens (including phenoxy) is 5. The van der Waals surface area contributed by atoms with Crippen LogP contribution in [0.1, 0.15) is 44.9 Å². The van der Waals surface area contributed by atoms with Crippen molar-refractivity contribution in [3.63, 3.8) is 0 Å². The maximum Gasteiger partial charge on any atom is 0.330 e. The zero-order valence-corrected chi connectivity index (χ0v) is 16.8. The molecule has 1 fully saturated rings. The van der Waals surface area contributed by atoms with E-state index in [1.54, 1.807) is 24.3 Å². The molecule has 0 radical (unpaired) electrons. The first-order chi connectivity index (χ1) is 14.2. The van der Waals surface area contributed by atoms with Crippen molar-refractivity contribution >= 4 is 11.9 Å². The van der Waals surface area contributed by atoms with Gasteiger partial charge in [-0.25, -0.2) is 4.79 Å². The lowest BCUT2D eigenvalue weighted by Crippen LogP contribution is -2.24. The van der Waals surface area contributed by atoms with E-state index in [9.17, 15) is 9.59 Å². The molecular formula is C22H30O7. The number of rotatable bonds is 13. The van der Waals surface area contributed by atoms with Crippen molar-refractivity contribution in [1.82, 2.24) is 0 Å². The van der Waals surface area contributed by atoms with Gasteiger partial charge in [0.1, 0.15) is 18.1 Å². The highest BCUT2D eigenvalue weighted by molar-refractivity contribution is 5.81. The minimum Gasteiger partial charge on any atom is -0.465 e. The molecule has 1 aromatic carbocycles. The molecule has 1 saturated heterocycles. The molecule has 1 atom stereocenters. The van der Waals surface area contributed by atoms with E-state index in [0.29, 0.717) is 31.1 Å². The highest BCUT2D eigenvalue weighted by Gasteiger charge is 2.15. The number of benzene rings is 1. The summed E-state index contributed by atoms with van der Waals surface area (Å²) in [5.41, 5.74) is 0. The highest BCUT2D eigenvalue weighted by atomic mass is 16.7. The first-order valence-corrected chi connectivity index (χ1v) is 10.1. The van der Waals surface area contributed by atoms with Crippen LogP contribution in [0.15, 0.2) is 36.9 Å².